The van der Waals surface area contributed by atoms with Crippen molar-refractivity contribution >= 4 is 11.5 Å². The largest absolute Gasteiger partial charge is 0.383 e. The minimum atomic E-state index is -0.516. The van der Waals surface area contributed by atoms with Crippen LogP contribution >= 0.6 is 0 Å². The third-order valence-electron chi connectivity index (χ3n) is 3.45. The minimum absolute atomic E-state index is 0.0518. The van der Waals surface area contributed by atoms with Crippen molar-refractivity contribution in [2.75, 3.05) is 18.2 Å². The number of nitrogen functional groups attached to an aromatic ring is 1. The van der Waals surface area contributed by atoms with Crippen LogP contribution < -0.4 is 22.3 Å². The molecule has 0 bridgehead atoms. The predicted molar refractivity (Wildman–Crippen MR) is 68.8 cm³/mol. The first-order chi connectivity index (χ1) is 8.54. The van der Waals surface area contributed by atoms with Crippen LogP contribution in [0.5, 0.6) is 0 Å². The summed E-state index contributed by atoms with van der Waals surface area (Å²) < 4.78 is 6.55. The third-order valence-corrected chi connectivity index (χ3v) is 3.45. The number of rotatable bonds is 3. The van der Waals surface area contributed by atoms with Crippen molar-refractivity contribution in [3.63, 3.8) is 0 Å². The Bertz CT molecular complexity index is 548. The van der Waals surface area contributed by atoms with E-state index in [9.17, 15) is 9.59 Å². The number of anilines is 2. The van der Waals surface area contributed by atoms with Crippen LogP contribution in [0.4, 0.5) is 11.5 Å². The van der Waals surface area contributed by atoms with Crippen LogP contribution in [0.1, 0.15) is 19.3 Å². The van der Waals surface area contributed by atoms with Crippen LogP contribution in [0.3, 0.4) is 0 Å². The van der Waals surface area contributed by atoms with E-state index in [0.717, 1.165) is 19.3 Å². The molecule has 0 aromatic carbocycles. The maximum Gasteiger partial charge on any atom is 0.329 e. The van der Waals surface area contributed by atoms with Gasteiger partial charge in [0.1, 0.15) is 11.5 Å². The average molecular weight is 254 g/mol. The summed E-state index contributed by atoms with van der Waals surface area (Å²) >= 11 is 0. The smallest absolute Gasteiger partial charge is 0.329 e. The van der Waals surface area contributed by atoms with E-state index < -0.39 is 11.2 Å². The highest BCUT2D eigenvalue weighted by molar-refractivity contribution is 5.60. The number of hydrogen-bond acceptors (Lipinski definition) is 5. The maximum atomic E-state index is 11.7. The van der Waals surface area contributed by atoms with Gasteiger partial charge < -0.3 is 15.8 Å². The van der Waals surface area contributed by atoms with Gasteiger partial charge in [0.05, 0.1) is 12.1 Å². The topological polar surface area (TPSA) is 102 Å². The monoisotopic (exact) mass is 254 g/mol. The van der Waals surface area contributed by atoms with Crippen LogP contribution in [0.2, 0.25) is 0 Å². The number of nitrogens with zero attached hydrogens (tertiary/aromatic N) is 1. The summed E-state index contributed by atoms with van der Waals surface area (Å²) in [6, 6.07) is 0.0518. The summed E-state index contributed by atoms with van der Waals surface area (Å²) in [6.07, 6.45) is 2.98. The molecule has 2 rings (SSSR count). The van der Waals surface area contributed by atoms with Crippen molar-refractivity contribution in [1.82, 2.24) is 9.55 Å². The van der Waals surface area contributed by atoms with Crippen molar-refractivity contribution in [2.24, 2.45) is 7.05 Å². The predicted octanol–water partition coefficient (Wildman–Crippen LogP) is -0.365. The van der Waals surface area contributed by atoms with Gasteiger partial charge in [-0.05, 0) is 19.3 Å². The molecule has 1 aromatic heterocycles. The summed E-state index contributed by atoms with van der Waals surface area (Å²) in [6.45, 7) is 0. The molecule has 0 saturated heterocycles. The van der Waals surface area contributed by atoms with Gasteiger partial charge in [0.15, 0.2) is 0 Å². The number of nitrogens with one attached hydrogen (secondary N) is 2. The summed E-state index contributed by atoms with van der Waals surface area (Å²) in [7, 11) is 3.17. The molecule has 1 aliphatic rings. The highest BCUT2D eigenvalue weighted by Crippen LogP contribution is 2.25. The van der Waals surface area contributed by atoms with E-state index in [2.05, 4.69) is 10.3 Å². The average Bonchev–Trinajstić information content (AvgIpc) is 2.79. The van der Waals surface area contributed by atoms with Gasteiger partial charge in [-0.15, -0.1) is 0 Å². The number of methoxy groups -OCH3 is 1. The number of nitrogens with two attached hydrogens (primary N) is 1. The lowest BCUT2D eigenvalue weighted by Crippen LogP contribution is -2.37. The number of aromatic amines is 1. The van der Waals surface area contributed by atoms with E-state index in [4.69, 9.17) is 10.5 Å². The van der Waals surface area contributed by atoms with Crippen molar-refractivity contribution in [3.05, 3.63) is 20.8 Å². The molecule has 4 N–H and O–H groups in total. The third kappa shape index (κ3) is 2.13. The zero-order chi connectivity index (χ0) is 13.3. The van der Waals surface area contributed by atoms with Gasteiger partial charge in [-0.2, -0.15) is 0 Å². The lowest BCUT2D eigenvalue weighted by Gasteiger charge is -2.21. The second-order valence-corrected chi connectivity index (χ2v) is 4.53. The Hall–Kier alpha value is -1.76. The van der Waals surface area contributed by atoms with Crippen LogP contribution in [-0.4, -0.2) is 28.8 Å². The molecule has 0 amide bonds. The Kier molecular flexibility index (Phi) is 3.42. The lowest BCUT2D eigenvalue weighted by atomic mass is 10.2. The quantitative estimate of drug-likeness (QED) is 0.683. The Morgan fingerprint density at radius 3 is 2.83 bits per heavy atom. The van der Waals surface area contributed by atoms with E-state index in [1.165, 1.54) is 11.6 Å². The van der Waals surface area contributed by atoms with E-state index in [1.54, 1.807) is 7.11 Å². The molecule has 100 valence electrons. The molecule has 7 heteroatoms. The number of hydrogen-bond donors (Lipinski definition) is 3. The van der Waals surface area contributed by atoms with Crippen molar-refractivity contribution in [3.8, 4) is 0 Å². The number of H-pyrrole nitrogens is 1. The van der Waals surface area contributed by atoms with E-state index in [1.807, 2.05) is 0 Å². The van der Waals surface area contributed by atoms with Gasteiger partial charge >= 0.3 is 5.69 Å². The summed E-state index contributed by atoms with van der Waals surface area (Å²) in [5.74, 6) is 0.144. The lowest BCUT2D eigenvalue weighted by molar-refractivity contribution is 0.101. The fourth-order valence-corrected chi connectivity index (χ4v) is 2.34. The molecule has 0 spiro atoms. The van der Waals surface area contributed by atoms with Crippen molar-refractivity contribution in [2.45, 2.75) is 31.4 Å². The molecular weight excluding hydrogens is 236 g/mol. The summed E-state index contributed by atoms with van der Waals surface area (Å²) in [4.78, 5) is 25.3. The molecular formula is C11H18N4O3. The molecule has 1 aliphatic carbocycles. The molecule has 1 aromatic rings. The van der Waals surface area contributed by atoms with Gasteiger partial charge in [-0.25, -0.2) is 4.79 Å². The standard InChI is InChI=1S/C11H18N4O3/c1-15-9(12)8(10(16)14-11(15)17)13-6-4-3-5-7(6)18-2/h6-7,13H,3-5,12H2,1-2H3,(H,14,16,17). The maximum absolute atomic E-state index is 11.7. The molecule has 0 aliphatic heterocycles. The molecule has 2 unspecified atom stereocenters. The number of ether oxygens (including phenoxy) is 1. The molecule has 1 saturated carbocycles. The van der Waals surface area contributed by atoms with Crippen LogP contribution in [0.25, 0.3) is 0 Å². The SMILES string of the molecule is COC1CCCC1Nc1c(N)n(C)c(=O)[nH]c1=O. The molecule has 7 nitrogen and oxygen atoms in total. The highest BCUT2D eigenvalue weighted by atomic mass is 16.5. The van der Waals surface area contributed by atoms with Crippen LogP contribution in [0, 0.1) is 0 Å². The molecule has 0 radical (unpaired) electrons. The first kappa shape index (κ1) is 12.7. The fourth-order valence-electron chi connectivity index (χ4n) is 2.34. The molecule has 2 atom stereocenters. The normalized spacial score (nSPS) is 23.2. The minimum Gasteiger partial charge on any atom is -0.383 e. The Morgan fingerprint density at radius 2 is 2.17 bits per heavy atom. The van der Waals surface area contributed by atoms with Gasteiger partial charge in [-0.1, -0.05) is 0 Å². The molecule has 1 fully saturated rings. The second kappa shape index (κ2) is 4.85. The number of aromatic nitrogens is 2. The van der Waals surface area contributed by atoms with Crippen LogP contribution in [0.15, 0.2) is 9.59 Å². The Labute approximate surface area is 104 Å². The van der Waals surface area contributed by atoms with E-state index >= 15 is 0 Å². The second-order valence-electron chi connectivity index (χ2n) is 4.53. The first-order valence-corrected chi connectivity index (χ1v) is 5.92. The zero-order valence-corrected chi connectivity index (χ0v) is 10.5. The van der Waals surface area contributed by atoms with Gasteiger partial charge in [-0.3, -0.25) is 14.3 Å². The van der Waals surface area contributed by atoms with Crippen molar-refractivity contribution in [1.29, 1.82) is 0 Å². The van der Waals surface area contributed by atoms with Crippen LogP contribution in [-0.2, 0) is 11.8 Å². The molecule has 1 heterocycles. The van der Waals surface area contributed by atoms with E-state index in [-0.39, 0.29) is 23.7 Å². The Morgan fingerprint density at radius 1 is 1.44 bits per heavy atom. The highest BCUT2D eigenvalue weighted by Gasteiger charge is 2.28. The first-order valence-electron chi connectivity index (χ1n) is 5.92. The van der Waals surface area contributed by atoms with E-state index in [0.29, 0.717) is 0 Å². The molecule has 18 heavy (non-hydrogen) atoms. The zero-order valence-electron chi connectivity index (χ0n) is 10.5. The Balaban J connectivity index is 2.32. The van der Waals surface area contributed by atoms with Gasteiger partial charge in [0, 0.05) is 14.2 Å². The fraction of sp³-hybridized carbons (Fsp3) is 0.636. The van der Waals surface area contributed by atoms with Gasteiger partial charge in [0.2, 0.25) is 0 Å². The summed E-state index contributed by atoms with van der Waals surface area (Å²) in [5.41, 5.74) is 5.03. The summed E-state index contributed by atoms with van der Waals surface area (Å²) in [5, 5.41) is 3.09. The van der Waals surface area contributed by atoms with Gasteiger partial charge in [0.25, 0.3) is 5.56 Å². The van der Waals surface area contributed by atoms with Crippen molar-refractivity contribution < 1.29 is 4.74 Å².